The third-order valence-electron chi connectivity index (χ3n) is 8.24. The number of pyridine rings is 1. The molecule has 1 unspecified atom stereocenters. The van der Waals surface area contributed by atoms with Crippen LogP contribution in [0.4, 0.5) is 5.82 Å². The number of carbonyl (C=O) groups is 1. The summed E-state index contributed by atoms with van der Waals surface area (Å²) in [5.41, 5.74) is 0.761. The number of amides is 1. The fourth-order valence-electron chi connectivity index (χ4n) is 6.59. The summed E-state index contributed by atoms with van der Waals surface area (Å²) in [5, 5.41) is 0. The Bertz CT molecular complexity index is 1040. The molecule has 4 aliphatic rings. The van der Waals surface area contributed by atoms with Gasteiger partial charge in [0.15, 0.2) is 0 Å². The summed E-state index contributed by atoms with van der Waals surface area (Å²) in [6, 6.07) is 3.03. The van der Waals surface area contributed by atoms with E-state index in [0.717, 1.165) is 31.4 Å². The fourth-order valence-corrected chi connectivity index (χ4v) is 8.37. The second kappa shape index (κ2) is 9.61. The second-order valence-electron chi connectivity index (χ2n) is 10.7. The van der Waals surface area contributed by atoms with Crippen LogP contribution in [0.1, 0.15) is 58.1 Å². The van der Waals surface area contributed by atoms with Gasteiger partial charge >= 0.3 is 0 Å². The molecular formula is C25H38N4O5S. The summed E-state index contributed by atoms with van der Waals surface area (Å²) < 4.78 is 41.0. The molecule has 35 heavy (non-hydrogen) atoms. The van der Waals surface area contributed by atoms with Crippen LogP contribution in [0.5, 0.6) is 0 Å². The Hall–Kier alpha value is -1.75. The number of hydrogen-bond donors (Lipinski definition) is 0. The molecule has 0 saturated carbocycles. The third kappa shape index (κ3) is 4.36. The normalized spacial score (nSPS) is 33.9. The summed E-state index contributed by atoms with van der Waals surface area (Å²) in [6.45, 7) is 7.31. The van der Waals surface area contributed by atoms with Crippen LogP contribution in [-0.2, 0) is 24.3 Å². The number of piperidine rings is 1. The van der Waals surface area contributed by atoms with E-state index in [-0.39, 0.29) is 41.1 Å². The number of anilines is 1. The number of methoxy groups -OCH3 is 1. The topological polar surface area (TPSA) is 92.3 Å². The van der Waals surface area contributed by atoms with Gasteiger partial charge in [0.25, 0.3) is 0 Å². The van der Waals surface area contributed by atoms with Crippen LogP contribution in [0.3, 0.4) is 0 Å². The lowest BCUT2D eigenvalue weighted by molar-refractivity contribution is -0.141. The van der Waals surface area contributed by atoms with Crippen molar-refractivity contribution in [2.24, 2.45) is 0 Å². The molecule has 4 saturated heterocycles. The van der Waals surface area contributed by atoms with Gasteiger partial charge in [-0.25, -0.2) is 13.4 Å². The SMILES string of the molecule is COC1C[C@H]2CC[C@@H](C1)N2C(=O)[C@@H]1CCCN1S(=O)(=O)c1ccc(C)nc1N1[C@@H](C)COC[C@@H]1C. The van der Waals surface area contributed by atoms with E-state index in [1.165, 1.54) is 4.31 Å². The molecule has 0 aromatic carbocycles. The van der Waals surface area contributed by atoms with Crippen molar-refractivity contribution in [3.05, 3.63) is 17.8 Å². The van der Waals surface area contributed by atoms with Crippen LogP contribution in [-0.4, -0.2) is 91.7 Å². The molecule has 5 heterocycles. The van der Waals surface area contributed by atoms with Crippen molar-refractivity contribution in [2.45, 2.75) is 101 Å². The highest BCUT2D eigenvalue weighted by Gasteiger charge is 2.49. The van der Waals surface area contributed by atoms with E-state index in [1.807, 2.05) is 25.7 Å². The van der Waals surface area contributed by atoms with Crippen molar-refractivity contribution in [2.75, 3.05) is 31.8 Å². The summed E-state index contributed by atoms with van der Waals surface area (Å²) in [4.78, 5) is 22.8. The van der Waals surface area contributed by atoms with Crippen molar-refractivity contribution >= 4 is 21.7 Å². The molecule has 0 radical (unpaired) electrons. The first-order chi connectivity index (χ1) is 16.7. The number of nitrogens with zero attached hydrogens (tertiary/aromatic N) is 4. The Kier molecular flexibility index (Phi) is 6.84. The van der Waals surface area contributed by atoms with Crippen molar-refractivity contribution in [1.29, 1.82) is 0 Å². The van der Waals surface area contributed by atoms with Crippen LogP contribution in [0.2, 0.25) is 0 Å². The number of hydrogen-bond acceptors (Lipinski definition) is 7. The van der Waals surface area contributed by atoms with Gasteiger partial charge in [-0.2, -0.15) is 4.31 Å². The molecule has 10 heteroatoms. The number of sulfonamides is 1. The van der Waals surface area contributed by atoms with Gasteiger partial charge in [0.05, 0.1) is 31.4 Å². The fraction of sp³-hybridized carbons (Fsp3) is 0.760. The zero-order valence-corrected chi connectivity index (χ0v) is 22.0. The van der Waals surface area contributed by atoms with E-state index < -0.39 is 16.1 Å². The van der Waals surface area contributed by atoms with Gasteiger partial charge in [0, 0.05) is 31.4 Å². The molecule has 1 aromatic rings. The molecule has 4 aliphatic heterocycles. The second-order valence-corrected chi connectivity index (χ2v) is 12.5. The number of ether oxygens (including phenoxy) is 2. The highest BCUT2D eigenvalue weighted by atomic mass is 32.2. The number of aryl methyl sites for hydroxylation is 1. The molecule has 5 rings (SSSR count). The van der Waals surface area contributed by atoms with E-state index in [1.54, 1.807) is 19.2 Å². The van der Waals surface area contributed by atoms with Gasteiger partial charge in [0.1, 0.15) is 16.8 Å². The minimum absolute atomic E-state index is 0.00397. The lowest BCUT2D eigenvalue weighted by Crippen LogP contribution is -2.55. The van der Waals surface area contributed by atoms with Crippen molar-refractivity contribution in [1.82, 2.24) is 14.2 Å². The van der Waals surface area contributed by atoms with E-state index in [4.69, 9.17) is 14.5 Å². The van der Waals surface area contributed by atoms with Gasteiger partial charge in [-0.3, -0.25) is 4.79 Å². The summed E-state index contributed by atoms with van der Waals surface area (Å²) >= 11 is 0. The van der Waals surface area contributed by atoms with Crippen molar-refractivity contribution in [3.8, 4) is 0 Å². The minimum Gasteiger partial charge on any atom is -0.381 e. The quantitative estimate of drug-likeness (QED) is 0.605. The first kappa shape index (κ1) is 24.9. The molecule has 0 N–H and O–H groups in total. The summed E-state index contributed by atoms with van der Waals surface area (Å²) in [7, 11) is -2.20. The highest BCUT2D eigenvalue weighted by molar-refractivity contribution is 7.89. The lowest BCUT2D eigenvalue weighted by atomic mass is 9.98. The first-order valence-corrected chi connectivity index (χ1v) is 14.4. The number of fused-ring (bicyclic) bond motifs is 2. The molecule has 0 aliphatic carbocycles. The highest BCUT2D eigenvalue weighted by Crippen LogP contribution is 2.40. The Labute approximate surface area is 208 Å². The Balaban J connectivity index is 1.46. The zero-order chi connectivity index (χ0) is 24.9. The monoisotopic (exact) mass is 506 g/mol. The average molecular weight is 507 g/mol. The predicted molar refractivity (Wildman–Crippen MR) is 132 cm³/mol. The van der Waals surface area contributed by atoms with E-state index >= 15 is 0 Å². The molecule has 6 atom stereocenters. The number of carbonyl (C=O) groups excluding carboxylic acids is 1. The maximum absolute atomic E-state index is 14.1. The summed E-state index contributed by atoms with van der Waals surface area (Å²) in [6.07, 6.45) is 5.01. The van der Waals surface area contributed by atoms with Gasteiger partial charge in [0.2, 0.25) is 15.9 Å². The smallest absolute Gasteiger partial charge is 0.247 e. The van der Waals surface area contributed by atoms with Crippen LogP contribution < -0.4 is 4.90 Å². The van der Waals surface area contributed by atoms with Gasteiger partial charge in [-0.1, -0.05) is 0 Å². The molecule has 2 bridgehead atoms. The van der Waals surface area contributed by atoms with Crippen LogP contribution >= 0.6 is 0 Å². The lowest BCUT2D eigenvalue weighted by Gasteiger charge is -2.41. The molecule has 194 valence electrons. The maximum Gasteiger partial charge on any atom is 0.247 e. The largest absolute Gasteiger partial charge is 0.381 e. The standard InChI is InChI=1S/C25H38N4O5S/c1-16-7-10-23(24(26-16)28-17(2)14-34-15-18(28)3)35(31,32)27-11-5-6-22(27)25(30)29-19-8-9-20(29)13-21(12-19)33-4/h7,10,17-22H,5-6,8-9,11-15H2,1-4H3/t17-,18-,19-,20+,21?,22-/m0/s1. The van der Waals surface area contributed by atoms with E-state index in [2.05, 4.69) is 4.90 Å². The van der Waals surface area contributed by atoms with Gasteiger partial charge in [-0.05, 0) is 71.4 Å². The molecular weight excluding hydrogens is 468 g/mol. The van der Waals surface area contributed by atoms with Crippen LogP contribution in [0, 0.1) is 6.92 Å². The Morgan fingerprint density at radius 2 is 1.74 bits per heavy atom. The average Bonchev–Trinajstić information content (AvgIpc) is 3.42. The zero-order valence-electron chi connectivity index (χ0n) is 21.2. The molecule has 1 aromatic heterocycles. The maximum atomic E-state index is 14.1. The Morgan fingerprint density at radius 3 is 2.37 bits per heavy atom. The molecule has 4 fully saturated rings. The first-order valence-electron chi connectivity index (χ1n) is 12.9. The summed E-state index contributed by atoms with van der Waals surface area (Å²) in [5.74, 6) is 0.426. The van der Waals surface area contributed by atoms with Gasteiger partial charge < -0.3 is 19.3 Å². The van der Waals surface area contributed by atoms with Gasteiger partial charge in [-0.15, -0.1) is 0 Å². The van der Waals surface area contributed by atoms with E-state index in [9.17, 15) is 13.2 Å². The number of aromatic nitrogens is 1. The van der Waals surface area contributed by atoms with Crippen LogP contribution in [0.15, 0.2) is 17.0 Å². The minimum atomic E-state index is -3.93. The number of morpholine rings is 1. The molecule has 9 nitrogen and oxygen atoms in total. The molecule has 0 spiro atoms. The number of rotatable bonds is 5. The van der Waals surface area contributed by atoms with Crippen LogP contribution in [0.25, 0.3) is 0 Å². The third-order valence-corrected chi connectivity index (χ3v) is 10.2. The van der Waals surface area contributed by atoms with Crippen molar-refractivity contribution < 1.29 is 22.7 Å². The van der Waals surface area contributed by atoms with E-state index in [0.29, 0.717) is 38.4 Å². The Morgan fingerprint density at radius 1 is 1.09 bits per heavy atom. The van der Waals surface area contributed by atoms with Crippen molar-refractivity contribution in [3.63, 3.8) is 0 Å². The molecule has 1 amide bonds. The predicted octanol–water partition coefficient (Wildman–Crippen LogP) is 2.33.